The van der Waals surface area contributed by atoms with Crippen molar-refractivity contribution in [3.05, 3.63) is 48.0 Å². The van der Waals surface area contributed by atoms with Gasteiger partial charge in [0, 0.05) is 42.7 Å². The number of nitrogens with one attached hydrogen (secondary N) is 1. The molecule has 1 fully saturated rings. The van der Waals surface area contributed by atoms with Crippen molar-refractivity contribution < 1.29 is 9.50 Å². The molecule has 2 heterocycles. The molecule has 0 amide bonds. The minimum absolute atomic E-state index is 0.0541. The predicted octanol–water partition coefficient (Wildman–Crippen LogP) is 4.24. The number of rotatable bonds is 7. The zero-order chi connectivity index (χ0) is 21.2. The number of aromatic nitrogens is 2. The molecule has 0 radical (unpaired) electrons. The Morgan fingerprint density at radius 2 is 1.93 bits per heavy atom. The van der Waals surface area contributed by atoms with E-state index in [0.29, 0.717) is 17.9 Å². The van der Waals surface area contributed by atoms with Gasteiger partial charge in [-0.05, 0) is 41.9 Å². The van der Waals surface area contributed by atoms with Crippen LogP contribution in [0.15, 0.2) is 41.8 Å². The van der Waals surface area contributed by atoms with Crippen molar-refractivity contribution in [1.29, 1.82) is 0 Å². The van der Waals surface area contributed by atoms with Gasteiger partial charge in [0.25, 0.3) is 0 Å². The summed E-state index contributed by atoms with van der Waals surface area (Å²) in [6.45, 7) is 8.99. The van der Waals surface area contributed by atoms with Crippen LogP contribution < -0.4 is 5.32 Å². The first-order chi connectivity index (χ1) is 13.8. The Hall–Kier alpha value is -1.37. The average molecular weight is 420 g/mol. The molecule has 1 aromatic carbocycles. The summed E-state index contributed by atoms with van der Waals surface area (Å²) in [5, 5.41) is 15.7. The van der Waals surface area contributed by atoms with Gasteiger partial charge in [0.1, 0.15) is 5.82 Å². The van der Waals surface area contributed by atoms with Gasteiger partial charge < -0.3 is 15.0 Å². The Morgan fingerprint density at radius 3 is 2.45 bits per heavy atom. The number of aliphatic hydroxyl groups excluding tert-OH is 1. The number of hydrogen-bond acceptors (Lipinski definition) is 4. The van der Waals surface area contributed by atoms with E-state index in [2.05, 4.69) is 38.0 Å². The maximum Gasteiger partial charge on any atom is 0.167 e. The van der Waals surface area contributed by atoms with Crippen LogP contribution in [0.3, 0.4) is 0 Å². The summed E-state index contributed by atoms with van der Waals surface area (Å²) in [5.41, 5.74) is 0.616. The summed E-state index contributed by atoms with van der Waals surface area (Å²) < 4.78 is 15.7. The van der Waals surface area contributed by atoms with E-state index in [1.54, 1.807) is 11.8 Å². The third kappa shape index (κ3) is 4.54. The van der Waals surface area contributed by atoms with Gasteiger partial charge in [0.15, 0.2) is 5.16 Å². The van der Waals surface area contributed by atoms with E-state index in [1.165, 1.54) is 12.1 Å². The second-order valence-corrected chi connectivity index (χ2v) is 10.0. The molecular weight excluding hydrogens is 385 g/mol. The lowest BCUT2D eigenvalue weighted by molar-refractivity contribution is 0.0386. The lowest BCUT2D eigenvalue weighted by Crippen LogP contribution is -2.63. The molecule has 2 N–H and O–H groups in total. The first-order valence-electron chi connectivity index (χ1n) is 10.5. The van der Waals surface area contributed by atoms with Gasteiger partial charge in [-0.3, -0.25) is 0 Å². The molecule has 0 spiro atoms. The normalized spacial score (nSPS) is 27.7. The van der Waals surface area contributed by atoms with E-state index in [9.17, 15) is 9.50 Å². The van der Waals surface area contributed by atoms with Crippen molar-refractivity contribution in [2.45, 2.75) is 56.8 Å². The summed E-state index contributed by atoms with van der Waals surface area (Å²) in [5.74, 6) is 1.65. The average Bonchev–Trinajstić information content (AvgIpc) is 3.10. The maximum atomic E-state index is 13.7. The Balaban J connectivity index is 2.03. The molecule has 3 rings (SSSR count). The molecule has 1 aliphatic heterocycles. The molecule has 4 nitrogen and oxygen atoms in total. The fraction of sp³-hybridized carbons (Fsp3) is 0.609. The number of nitrogens with zero attached hydrogens (tertiary/aromatic N) is 2. The highest BCUT2D eigenvalue weighted by atomic mass is 32.2. The molecule has 1 saturated heterocycles. The lowest BCUT2D eigenvalue weighted by atomic mass is 9.60. The van der Waals surface area contributed by atoms with Crippen LogP contribution in [0.1, 0.15) is 39.7 Å². The van der Waals surface area contributed by atoms with Gasteiger partial charge in [-0.2, -0.15) is 0 Å². The maximum absolute atomic E-state index is 13.7. The quantitative estimate of drug-likeness (QED) is 0.659. The van der Waals surface area contributed by atoms with E-state index >= 15 is 0 Å². The monoisotopic (exact) mass is 419 g/mol. The van der Waals surface area contributed by atoms with Crippen LogP contribution in [0, 0.1) is 23.6 Å². The second-order valence-electron chi connectivity index (χ2n) is 9.05. The topological polar surface area (TPSA) is 50.1 Å². The molecule has 4 atom stereocenters. The van der Waals surface area contributed by atoms with Crippen molar-refractivity contribution in [3.8, 4) is 0 Å². The minimum atomic E-state index is -0.416. The van der Waals surface area contributed by atoms with Gasteiger partial charge >= 0.3 is 0 Å². The highest BCUT2D eigenvalue weighted by Gasteiger charge is 2.50. The van der Waals surface area contributed by atoms with Crippen molar-refractivity contribution in [2.75, 3.05) is 12.4 Å². The van der Waals surface area contributed by atoms with Gasteiger partial charge in [-0.25, -0.2) is 9.37 Å². The van der Waals surface area contributed by atoms with E-state index in [1.807, 2.05) is 36.1 Å². The highest BCUT2D eigenvalue weighted by Crippen LogP contribution is 2.46. The van der Waals surface area contributed by atoms with Crippen LogP contribution >= 0.6 is 11.8 Å². The number of aryl methyl sites for hydroxylation is 1. The van der Waals surface area contributed by atoms with E-state index < -0.39 is 5.41 Å². The van der Waals surface area contributed by atoms with Gasteiger partial charge in [0.2, 0.25) is 0 Å². The Morgan fingerprint density at radius 1 is 1.24 bits per heavy atom. The zero-order valence-electron chi connectivity index (χ0n) is 18.1. The van der Waals surface area contributed by atoms with E-state index in [4.69, 9.17) is 0 Å². The smallest absolute Gasteiger partial charge is 0.167 e. The number of piperidine rings is 1. The summed E-state index contributed by atoms with van der Waals surface area (Å²) in [7, 11) is 2.00. The number of imidazole rings is 1. The molecule has 1 aliphatic rings. The van der Waals surface area contributed by atoms with Crippen molar-refractivity contribution in [3.63, 3.8) is 0 Å². The molecular formula is C23H34FN3OS. The van der Waals surface area contributed by atoms with Gasteiger partial charge in [0.05, 0.1) is 6.61 Å². The van der Waals surface area contributed by atoms with E-state index in [-0.39, 0.29) is 24.4 Å². The number of halogens is 1. The van der Waals surface area contributed by atoms with Crippen LogP contribution in [0.5, 0.6) is 0 Å². The zero-order valence-corrected chi connectivity index (χ0v) is 18.9. The van der Waals surface area contributed by atoms with Crippen molar-refractivity contribution in [2.24, 2.45) is 24.8 Å². The number of thioether (sulfide) groups is 1. The third-order valence-electron chi connectivity index (χ3n) is 6.53. The molecule has 2 aromatic rings. The lowest BCUT2D eigenvalue weighted by Gasteiger charge is -2.53. The second kappa shape index (κ2) is 9.19. The highest BCUT2D eigenvalue weighted by molar-refractivity contribution is 7.99. The van der Waals surface area contributed by atoms with Gasteiger partial charge in [-0.1, -0.05) is 51.6 Å². The Bertz CT molecular complexity index is 792. The number of hydrogen-bond donors (Lipinski definition) is 2. The predicted molar refractivity (Wildman–Crippen MR) is 118 cm³/mol. The standard InChI is InChI=1S/C23H34FN3OS/c1-15(2)20-12-23(14-28,17-6-8-18(24)9-7-17)19(21(26-20)16(3)4)13-29-22-25-10-11-27(22)5/h6-11,15-16,19-21,26,28H,12-14H2,1-5H3. The third-order valence-corrected chi connectivity index (χ3v) is 7.70. The van der Waals surface area contributed by atoms with Crippen molar-refractivity contribution >= 4 is 11.8 Å². The van der Waals surface area contributed by atoms with E-state index in [0.717, 1.165) is 22.9 Å². The summed E-state index contributed by atoms with van der Waals surface area (Å²) in [6, 6.07) is 7.32. The number of benzene rings is 1. The van der Waals surface area contributed by atoms with Crippen LogP contribution in [0.25, 0.3) is 0 Å². The minimum Gasteiger partial charge on any atom is -0.395 e. The SMILES string of the molecule is CC(C)C1CC(CO)(c2ccc(F)cc2)C(CSc2nccn2C)C(C(C)C)N1. The summed E-state index contributed by atoms with van der Waals surface area (Å²) in [6.07, 6.45) is 4.60. The fourth-order valence-electron chi connectivity index (χ4n) is 4.70. The Kier molecular flexibility index (Phi) is 7.07. The molecule has 6 heteroatoms. The summed E-state index contributed by atoms with van der Waals surface area (Å²) in [4.78, 5) is 4.46. The fourth-order valence-corrected chi connectivity index (χ4v) is 5.96. The Labute approximate surface area is 178 Å². The largest absolute Gasteiger partial charge is 0.395 e. The first kappa shape index (κ1) is 22.3. The van der Waals surface area contributed by atoms with Crippen LogP contribution in [0.2, 0.25) is 0 Å². The molecule has 160 valence electrons. The number of aliphatic hydroxyl groups is 1. The molecule has 0 aliphatic carbocycles. The summed E-state index contributed by atoms with van der Waals surface area (Å²) >= 11 is 1.73. The molecule has 4 unspecified atom stereocenters. The molecule has 0 bridgehead atoms. The van der Waals surface area contributed by atoms with Crippen molar-refractivity contribution in [1.82, 2.24) is 14.9 Å². The molecule has 0 saturated carbocycles. The molecule has 29 heavy (non-hydrogen) atoms. The first-order valence-corrected chi connectivity index (χ1v) is 11.5. The van der Waals surface area contributed by atoms with Crippen LogP contribution in [-0.4, -0.2) is 39.1 Å². The molecule has 1 aromatic heterocycles. The van der Waals surface area contributed by atoms with Crippen LogP contribution in [-0.2, 0) is 12.5 Å². The van der Waals surface area contributed by atoms with Gasteiger partial charge in [-0.15, -0.1) is 0 Å². The van der Waals surface area contributed by atoms with Crippen LogP contribution in [0.4, 0.5) is 4.39 Å².